The van der Waals surface area contributed by atoms with Gasteiger partial charge in [-0.1, -0.05) is 0 Å². The van der Waals surface area contributed by atoms with Crippen molar-refractivity contribution in [3.05, 3.63) is 34.5 Å². The van der Waals surface area contributed by atoms with Crippen LogP contribution in [0.2, 0.25) is 0 Å². The summed E-state index contributed by atoms with van der Waals surface area (Å²) in [6.07, 6.45) is 1.60. The summed E-state index contributed by atoms with van der Waals surface area (Å²) in [6, 6.07) is 1.63. The average molecular weight is 278 g/mol. The van der Waals surface area contributed by atoms with E-state index < -0.39 is 5.91 Å². The van der Waals surface area contributed by atoms with Crippen LogP contribution in [0.25, 0.3) is 0 Å². The van der Waals surface area contributed by atoms with Gasteiger partial charge in [-0.3, -0.25) is 4.79 Å². The van der Waals surface area contributed by atoms with Crippen molar-refractivity contribution in [2.75, 3.05) is 12.4 Å². The predicted molar refractivity (Wildman–Crippen MR) is 73.5 cm³/mol. The normalized spacial score (nSPS) is 10.2. The van der Waals surface area contributed by atoms with Gasteiger partial charge in [0.15, 0.2) is 0 Å². The lowest BCUT2D eigenvalue weighted by molar-refractivity contribution is 0.0996. The van der Waals surface area contributed by atoms with Gasteiger partial charge >= 0.3 is 0 Å². The highest BCUT2D eigenvalue weighted by Gasteiger charge is 2.11. The number of anilines is 1. The molecule has 6 nitrogen and oxygen atoms in total. The maximum atomic E-state index is 11.3. The van der Waals surface area contributed by atoms with E-state index in [1.54, 1.807) is 12.3 Å². The van der Waals surface area contributed by atoms with Crippen molar-refractivity contribution in [1.29, 1.82) is 0 Å². The number of nitrogens with two attached hydrogens (primary N) is 1. The first kappa shape index (κ1) is 13.3. The second-order valence-electron chi connectivity index (χ2n) is 3.92. The topological polar surface area (TPSA) is 90.1 Å². The lowest BCUT2D eigenvalue weighted by atomic mass is 10.2. The van der Waals surface area contributed by atoms with Crippen molar-refractivity contribution in [3.63, 3.8) is 0 Å². The van der Waals surface area contributed by atoms with E-state index in [1.165, 1.54) is 18.6 Å². The van der Waals surface area contributed by atoms with Crippen LogP contribution in [-0.4, -0.2) is 22.4 Å². The van der Waals surface area contributed by atoms with Crippen molar-refractivity contribution in [3.8, 4) is 5.88 Å². The zero-order chi connectivity index (χ0) is 13.8. The molecule has 2 rings (SSSR count). The molecule has 0 atom stereocenters. The van der Waals surface area contributed by atoms with Crippen molar-refractivity contribution < 1.29 is 9.53 Å². The van der Waals surface area contributed by atoms with Gasteiger partial charge in [0.1, 0.15) is 5.56 Å². The maximum Gasteiger partial charge on any atom is 0.254 e. The van der Waals surface area contributed by atoms with Crippen LogP contribution in [0.5, 0.6) is 5.88 Å². The molecule has 2 aromatic heterocycles. The first-order valence-electron chi connectivity index (χ1n) is 5.59. The molecule has 0 aliphatic heterocycles. The van der Waals surface area contributed by atoms with Crippen LogP contribution in [0.4, 0.5) is 5.69 Å². The molecule has 0 fully saturated rings. The molecule has 2 heterocycles. The third-order valence-corrected chi connectivity index (χ3v) is 3.41. The smallest absolute Gasteiger partial charge is 0.254 e. The van der Waals surface area contributed by atoms with Crippen molar-refractivity contribution >= 4 is 23.1 Å². The number of ether oxygens (including phenoxy) is 1. The van der Waals surface area contributed by atoms with Gasteiger partial charge in [0.25, 0.3) is 5.91 Å². The molecule has 19 heavy (non-hydrogen) atoms. The van der Waals surface area contributed by atoms with Crippen molar-refractivity contribution in [1.82, 2.24) is 9.36 Å². The van der Waals surface area contributed by atoms with Crippen LogP contribution in [0.1, 0.15) is 21.6 Å². The SMILES string of the molecule is COc1ncc(NCc2csnc2C)cc1C(N)=O. The molecule has 0 saturated heterocycles. The van der Waals surface area contributed by atoms with Gasteiger partial charge in [0.05, 0.1) is 24.7 Å². The van der Waals surface area contributed by atoms with Gasteiger partial charge in [0, 0.05) is 17.5 Å². The Labute approximate surface area is 114 Å². The molecule has 0 aromatic carbocycles. The van der Waals surface area contributed by atoms with Gasteiger partial charge in [-0.15, -0.1) is 0 Å². The molecular formula is C12H14N4O2S. The number of amides is 1. The van der Waals surface area contributed by atoms with E-state index in [0.717, 1.165) is 11.3 Å². The molecule has 0 bridgehead atoms. The summed E-state index contributed by atoms with van der Waals surface area (Å²) in [5.74, 6) is -0.340. The highest BCUT2D eigenvalue weighted by molar-refractivity contribution is 7.03. The van der Waals surface area contributed by atoms with E-state index in [0.29, 0.717) is 12.2 Å². The molecule has 7 heteroatoms. The first-order valence-corrected chi connectivity index (χ1v) is 6.43. The Balaban J connectivity index is 2.15. The van der Waals surface area contributed by atoms with E-state index in [2.05, 4.69) is 14.7 Å². The largest absolute Gasteiger partial charge is 0.480 e. The minimum atomic E-state index is -0.568. The van der Waals surface area contributed by atoms with Crippen LogP contribution >= 0.6 is 11.5 Å². The number of aromatic nitrogens is 2. The van der Waals surface area contributed by atoms with Gasteiger partial charge < -0.3 is 15.8 Å². The summed E-state index contributed by atoms with van der Waals surface area (Å²) < 4.78 is 9.18. The second-order valence-corrected chi connectivity index (χ2v) is 4.55. The maximum absolute atomic E-state index is 11.3. The van der Waals surface area contributed by atoms with Crippen LogP contribution < -0.4 is 15.8 Å². The monoisotopic (exact) mass is 278 g/mol. The number of hydrogen-bond acceptors (Lipinski definition) is 6. The lowest BCUT2D eigenvalue weighted by Gasteiger charge is -2.09. The van der Waals surface area contributed by atoms with E-state index in [4.69, 9.17) is 10.5 Å². The lowest BCUT2D eigenvalue weighted by Crippen LogP contribution is -2.14. The number of aryl methyl sites for hydroxylation is 1. The number of carbonyl (C=O) groups excluding carboxylic acids is 1. The molecule has 1 amide bonds. The minimum Gasteiger partial charge on any atom is -0.480 e. The Hall–Kier alpha value is -2.15. The zero-order valence-electron chi connectivity index (χ0n) is 10.6. The van der Waals surface area contributed by atoms with Gasteiger partial charge in [0.2, 0.25) is 5.88 Å². The number of pyridine rings is 1. The first-order chi connectivity index (χ1) is 9.11. The average Bonchev–Trinajstić information content (AvgIpc) is 2.81. The van der Waals surface area contributed by atoms with E-state index in [-0.39, 0.29) is 11.4 Å². The molecule has 2 aromatic rings. The third kappa shape index (κ3) is 3.00. The molecule has 0 unspecified atom stereocenters. The van der Waals surface area contributed by atoms with Crippen LogP contribution in [0.3, 0.4) is 0 Å². The number of rotatable bonds is 5. The fourth-order valence-corrected chi connectivity index (χ4v) is 2.28. The Kier molecular flexibility index (Phi) is 3.96. The summed E-state index contributed by atoms with van der Waals surface area (Å²) in [4.78, 5) is 15.3. The third-order valence-electron chi connectivity index (χ3n) is 2.64. The number of nitrogens with zero attached hydrogens (tertiary/aromatic N) is 2. The van der Waals surface area contributed by atoms with Gasteiger partial charge in [-0.25, -0.2) is 4.98 Å². The standard InChI is InChI=1S/C12H14N4O2S/c1-7-8(6-19-16-7)4-14-9-3-10(11(13)17)12(18-2)15-5-9/h3,5-6,14H,4H2,1-2H3,(H2,13,17). The highest BCUT2D eigenvalue weighted by atomic mass is 32.1. The molecule has 0 radical (unpaired) electrons. The van der Waals surface area contributed by atoms with Crippen molar-refractivity contribution in [2.45, 2.75) is 13.5 Å². The number of methoxy groups -OCH3 is 1. The van der Waals surface area contributed by atoms with Crippen molar-refractivity contribution in [2.24, 2.45) is 5.73 Å². The van der Waals surface area contributed by atoms with E-state index >= 15 is 0 Å². The predicted octanol–water partition coefficient (Wildman–Crippen LogP) is 1.57. The number of hydrogen-bond donors (Lipinski definition) is 2. The van der Waals surface area contributed by atoms with Gasteiger partial charge in [-0.2, -0.15) is 4.37 Å². The second kappa shape index (κ2) is 5.66. The molecule has 0 aliphatic carbocycles. The Morgan fingerprint density at radius 3 is 2.95 bits per heavy atom. The molecule has 3 N–H and O–H groups in total. The highest BCUT2D eigenvalue weighted by Crippen LogP contribution is 2.19. The summed E-state index contributed by atoms with van der Waals surface area (Å²) >= 11 is 1.42. The van der Waals surface area contributed by atoms with Crippen LogP contribution in [0.15, 0.2) is 17.6 Å². The summed E-state index contributed by atoms with van der Waals surface area (Å²) in [7, 11) is 1.45. The number of carbonyl (C=O) groups is 1. The summed E-state index contributed by atoms with van der Waals surface area (Å²) in [5, 5.41) is 5.16. The van der Waals surface area contributed by atoms with Crippen LogP contribution in [0, 0.1) is 6.92 Å². The molecule has 0 saturated carbocycles. The minimum absolute atomic E-state index is 0.228. The number of nitrogens with one attached hydrogen (secondary N) is 1. The Bertz CT molecular complexity index is 597. The molecule has 100 valence electrons. The van der Waals surface area contributed by atoms with Gasteiger partial charge in [-0.05, 0) is 24.5 Å². The fraction of sp³-hybridized carbons (Fsp3) is 0.250. The molecule has 0 spiro atoms. The summed E-state index contributed by atoms with van der Waals surface area (Å²) in [5.41, 5.74) is 8.35. The molecular weight excluding hydrogens is 264 g/mol. The quantitative estimate of drug-likeness (QED) is 0.866. The Morgan fingerprint density at radius 1 is 1.58 bits per heavy atom. The zero-order valence-corrected chi connectivity index (χ0v) is 11.5. The van der Waals surface area contributed by atoms with E-state index in [9.17, 15) is 4.79 Å². The van der Waals surface area contributed by atoms with E-state index in [1.807, 2.05) is 12.3 Å². The number of primary amides is 1. The molecule has 0 aliphatic rings. The summed E-state index contributed by atoms with van der Waals surface area (Å²) in [6.45, 7) is 2.57. The van der Waals surface area contributed by atoms with Crippen LogP contribution in [-0.2, 0) is 6.54 Å². The Morgan fingerprint density at radius 2 is 2.37 bits per heavy atom. The fourth-order valence-electron chi connectivity index (χ4n) is 1.57.